The van der Waals surface area contributed by atoms with Gasteiger partial charge in [0.2, 0.25) is 17.7 Å². The van der Waals surface area contributed by atoms with Crippen LogP contribution in [0, 0.1) is 11.7 Å². The van der Waals surface area contributed by atoms with Gasteiger partial charge in [0.1, 0.15) is 17.9 Å². The summed E-state index contributed by atoms with van der Waals surface area (Å²) in [7, 11) is 0. The second-order valence-electron chi connectivity index (χ2n) is 5.86. The van der Waals surface area contributed by atoms with Gasteiger partial charge in [0, 0.05) is 13.3 Å². The second kappa shape index (κ2) is 9.00. The van der Waals surface area contributed by atoms with Crippen molar-refractivity contribution in [3.05, 3.63) is 35.6 Å². The van der Waals surface area contributed by atoms with Crippen molar-refractivity contribution in [2.75, 3.05) is 0 Å². The van der Waals surface area contributed by atoms with E-state index in [2.05, 4.69) is 10.6 Å². The maximum Gasteiger partial charge on any atom is 0.243 e. The van der Waals surface area contributed by atoms with Crippen LogP contribution in [0.5, 0.6) is 0 Å². The number of carbonyl (C=O) groups is 3. The third kappa shape index (κ3) is 5.98. The van der Waals surface area contributed by atoms with E-state index in [0.717, 1.165) is 0 Å². The van der Waals surface area contributed by atoms with Gasteiger partial charge in [-0.2, -0.15) is 0 Å². The lowest BCUT2D eigenvalue weighted by atomic mass is 9.97. The quantitative estimate of drug-likeness (QED) is 0.656. The molecule has 0 bridgehead atoms. The van der Waals surface area contributed by atoms with Crippen molar-refractivity contribution in [2.24, 2.45) is 11.7 Å². The lowest BCUT2D eigenvalue weighted by Gasteiger charge is -2.25. The zero-order valence-corrected chi connectivity index (χ0v) is 14.1. The first kappa shape index (κ1) is 19.6. The van der Waals surface area contributed by atoms with E-state index in [4.69, 9.17) is 5.73 Å². The highest BCUT2D eigenvalue weighted by atomic mass is 19.1. The molecule has 0 aliphatic rings. The first-order valence-corrected chi connectivity index (χ1v) is 7.85. The summed E-state index contributed by atoms with van der Waals surface area (Å²) in [6, 6.07) is 3.95. The average molecular weight is 337 g/mol. The van der Waals surface area contributed by atoms with Crippen molar-refractivity contribution in [1.82, 2.24) is 10.6 Å². The summed E-state index contributed by atoms with van der Waals surface area (Å²) in [6.07, 6.45) is 0.842. The van der Waals surface area contributed by atoms with Crippen molar-refractivity contribution in [1.29, 1.82) is 0 Å². The Morgan fingerprint density at radius 3 is 2.21 bits per heavy atom. The lowest BCUT2D eigenvalue weighted by Crippen LogP contribution is -2.55. The molecule has 3 amide bonds. The number of hydrogen-bond acceptors (Lipinski definition) is 3. The number of primary amides is 1. The Morgan fingerprint density at radius 2 is 1.75 bits per heavy atom. The Kier molecular flexibility index (Phi) is 7.35. The first-order chi connectivity index (χ1) is 11.2. The third-order valence-corrected chi connectivity index (χ3v) is 3.86. The lowest BCUT2D eigenvalue weighted by molar-refractivity contribution is -0.131. The Balaban J connectivity index is 2.89. The van der Waals surface area contributed by atoms with E-state index in [1.165, 1.54) is 31.2 Å². The van der Waals surface area contributed by atoms with Crippen LogP contribution in [0.4, 0.5) is 4.39 Å². The molecule has 0 saturated heterocycles. The summed E-state index contributed by atoms with van der Waals surface area (Å²) in [5.74, 6) is -2.02. The van der Waals surface area contributed by atoms with E-state index in [1.807, 2.05) is 13.8 Å². The SMILES string of the molecule is CC[C@H](C)[C@H](NC(=O)[C@H](Cc1ccc(F)cc1)NC(C)=O)C(N)=O. The van der Waals surface area contributed by atoms with Crippen LogP contribution in [0.1, 0.15) is 32.8 Å². The fourth-order valence-corrected chi connectivity index (χ4v) is 2.29. The summed E-state index contributed by atoms with van der Waals surface area (Å²) in [5.41, 5.74) is 6.03. The van der Waals surface area contributed by atoms with Gasteiger partial charge in [-0.25, -0.2) is 4.39 Å². The molecule has 0 fully saturated rings. The van der Waals surface area contributed by atoms with E-state index in [0.29, 0.717) is 12.0 Å². The third-order valence-electron chi connectivity index (χ3n) is 3.86. The Morgan fingerprint density at radius 1 is 1.17 bits per heavy atom. The minimum absolute atomic E-state index is 0.129. The number of halogens is 1. The maximum atomic E-state index is 13.0. The van der Waals surface area contributed by atoms with Crippen molar-refractivity contribution in [3.8, 4) is 0 Å². The molecule has 132 valence electrons. The first-order valence-electron chi connectivity index (χ1n) is 7.85. The largest absolute Gasteiger partial charge is 0.368 e. The molecule has 6 nitrogen and oxygen atoms in total. The van der Waals surface area contributed by atoms with Gasteiger partial charge in [-0.15, -0.1) is 0 Å². The molecular formula is C17H24FN3O3. The molecule has 1 aromatic carbocycles. The predicted octanol–water partition coefficient (Wildman–Crippen LogP) is 0.889. The normalized spacial score (nSPS) is 14.3. The molecule has 7 heteroatoms. The molecule has 0 aliphatic carbocycles. The minimum Gasteiger partial charge on any atom is -0.368 e. The molecule has 0 heterocycles. The minimum atomic E-state index is -0.876. The number of hydrogen-bond donors (Lipinski definition) is 3. The molecule has 1 rings (SSSR count). The van der Waals surface area contributed by atoms with Gasteiger partial charge in [-0.05, 0) is 23.6 Å². The highest BCUT2D eigenvalue weighted by Crippen LogP contribution is 2.10. The molecule has 24 heavy (non-hydrogen) atoms. The van der Waals surface area contributed by atoms with Crippen molar-refractivity contribution in [2.45, 2.75) is 45.7 Å². The van der Waals surface area contributed by atoms with Crippen LogP contribution in [0.25, 0.3) is 0 Å². The van der Waals surface area contributed by atoms with E-state index in [-0.39, 0.29) is 24.1 Å². The van der Waals surface area contributed by atoms with E-state index in [9.17, 15) is 18.8 Å². The van der Waals surface area contributed by atoms with E-state index >= 15 is 0 Å². The monoisotopic (exact) mass is 337 g/mol. The predicted molar refractivity (Wildman–Crippen MR) is 88.3 cm³/mol. The molecule has 0 spiro atoms. The van der Waals surface area contributed by atoms with Crippen molar-refractivity contribution in [3.63, 3.8) is 0 Å². The number of benzene rings is 1. The highest BCUT2D eigenvalue weighted by Gasteiger charge is 2.28. The topological polar surface area (TPSA) is 101 Å². The molecule has 4 N–H and O–H groups in total. The number of nitrogens with one attached hydrogen (secondary N) is 2. The molecular weight excluding hydrogens is 313 g/mol. The van der Waals surface area contributed by atoms with Gasteiger partial charge >= 0.3 is 0 Å². The number of amides is 3. The van der Waals surface area contributed by atoms with E-state index < -0.39 is 23.9 Å². The standard InChI is InChI=1S/C17H24FN3O3/c1-4-10(2)15(16(19)23)21-17(24)14(20-11(3)22)9-12-5-7-13(18)8-6-12/h5-8,10,14-15H,4,9H2,1-3H3,(H2,19,23)(H,20,22)(H,21,24)/t10-,14-,15-/m0/s1. The number of nitrogens with two attached hydrogens (primary N) is 1. The molecule has 0 unspecified atom stereocenters. The maximum absolute atomic E-state index is 13.0. The van der Waals surface area contributed by atoms with Crippen LogP contribution in [-0.2, 0) is 20.8 Å². The van der Waals surface area contributed by atoms with Crippen molar-refractivity contribution >= 4 is 17.7 Å². The summed E-state index contributed by atoms with van der Waals surface area (Å²) < 4.78 is 13.0. The molecule has 0 aliphatic heterocycles. The highest BCUT2D eigenvalue weighted by molar-refractivity contribution is 5.91. The van der Waals surface area contributed by atoms with Gasteiger partial charge in [0.15, 0.2) is 0 Å². The molecule has 3 atom stereocenters. The van der Waals surface area contributed by atoms with Crippen LogP contribution in [0.3, 0.4) is 0 Å². The van der Waals surface area contributed by atoms with Crippen LogP contribution < -0.4 is 16.4 Å². The molecule has 1 aromatic rings. The fraction of sp³-hybridized carbons (Fsp3) is 0.471. The molecule has 0 radical (unpaired) electrons. The van der Waals surface area contributed by atoms with Crippen LogP contribution >= 0.6 is 0 Å². The van der Waals surface area contributed by atoms with E-state index in [1.54, 1.807) is 0 Å². The summed E-state index contributed by atoms with van der Waals surface area (Å²) in [4.78, 5) is 35.4. The summed E-state index contributed by atoms with van der Waals surface area (Å²) >= 11 is 0. The van der Waals surface area contributed by atoms with Crippen LogP contribution in [0.2, 0.25) is 0 Å². The molecule has 0 saturated carbocycles. The van der Waals surface area contributed by atoms with Gasteiger partial charge in [-0.3, -0.25) is 14.4 Å². The summed E-state index contributed by atoms with van der Waals surface area (Å²) in [6.45, 7) is 4.99. The Bertz CT molecular complexity index is 589. The zero-order chi connectivity index (χ0) is 18.3. The zero-order valence-electron chi connectivity index (χ0n) is 14.1. The van der Waals surface area contributed by atoms with Gasteiger partial charge in [0.05, 0.1) is 0 Å². The van der Waals surface area contributed by atoms with Crippen LogP contribution in [-0.4, -0.2) is 29.8 Å². The average Bonchev–Trinajstić information content (AvgIpc) is 2.52. The second-order valence-corrected chi connectivity index (χ2v) is 5.86. The smallest absolute Gasteiger partial charge is 0.243 e. The Hall–Kier alpha value is -2.44. The fourth-order valence-electron chi connectivity index (χ4n) is 2.29. The summed E-state index contributed by atoms with van der Waals surface area (Å²) in [5, 5.41) is 5.15. The number of carbonyl (C=O) groups excluding carboxylic acids is 3. The van der Waals surface area contributed by atoms with Crippen molar-refractivity contribution < 1.29 is 18.8 Å². The van der Waals surface area contributed by atoms with Gasteiger partial charge in [-0.1, -0.05) is 32.4 Å². The Labute approximate surface area is 141 Å². The molecule has 0 aromatic heterocycles. The number of rotatable bonds is 8. The van der Waals surface area contributed by atoms with Crippen LogP contribution in [0.15, 0.2) is 24.3 Å². The van der Waals surface area contributed by atoms with Gasteiger partial charge < -0.3 is 16.4 Å². The van der Waals surface area contributed by atoms with Gasteiger partial charge in [0.25, 0.3) is 0 Å².